The molecule has 9 nitrogen and oxygen atoms in total. The van der Waals surface area contributed by atoms with Crippen molar-refractivity contribution in [1.82, 2.24) is 20.3 Å². The maximum Gasteiger partial charge on any atom is 0.417 e. The van der Waals surface area contributed by atoms with Crippen LogP contribution in [0.4, 0.5) is 39.4 Å². The zero-order valence-corrected chi connectivity index (χ0v) is 24.0. The van der Waals surface area contributed by atoms with E-state index in [9.17, 15) is 22.7 Å². The minimum Gasteiger partial charge on any atom is -0.474 e. The highest BCUT2D eigenvalue weighted by molar-refractivity contribution is 5.97. The van der Waals surface area contributed by atoms with Crippen LogP contribution in [0.3, 0.4) is 0 Å². The number of aliphatic hydroxyl groups excluding tert-OH is 1. The Morgan fingerprint density at radius 1 is 1.14 bits per heavy atom. The third-order valence-corrected chi connectivity index (χ3v) is 7.72. The van der Waals surface area contributed by atoms with E-state index in [4.69, 9.17) is 10.5 Å². The van der Waals surface area contributed by atoms with Crippen LogP contribution in [0.1, 0.15) is 50.7 Å². The minimum absolute atomic E-state index is 0.00601. The van der Waals surface area contributed by atoms with Gasteiger partial charge in [0.05, 0.1) is 17.4 Å². The number of halogens is 5. The first-order chi connectivity index (χ1) is 20.4. The van der Waals surface area contributed by atoms with Gasteiger partial charge in [0, 0.05) is 24.7 Å². The number of aliphatic hydroxyl groups is 1. The largest absolute Gasteiger partial charge is 0.474 e. The molecule has 2 aromatic heterocycles. The standard InChI is InChI=1S/C29H34F5N7O2/c1-4-7-16-13-37-26-20-25(39-28(40-26)41-11-6-5-8-19(41)42)23(31)24(38-27(20)43-14(2)9-10-36-16)17-12-18(35)22(30)15(3)21(17)29(32,33)34/h4,7,12,14,16,19,36,42H,5-6,8-11,13,35H2,1-3H3,(H,37,39,40)/b7-4+/t14-,16?,19?/m0/s1. The maximum atomic E-state index is 16.6. The molecule has 232 valence electrons. The summed E-state index contributed by atoms with van der Waals surface area (Å²) in [4.78, 5) is 14.8. The van der Waals surface area contributed by atoms with Gasteiger partial charge < -0.3 is 31.1 Å². The monoisotopic (exact) mass is 607 g/mol. The first kappa shape index (κ1) is 30.7. The average molecular weight is 608 g/mol. The lowest BCUT2D eigenvalue weighted by atomic mass is 9.96. The minimum atomic E-state index is -5.06. The molecule has 4 heterocycles. The summed E-state index contributed by atoms with van der Waals surface area (Å²) >= 11 is 0. The number of nitrogens with one attached hydrogen (secondary N) is 2. The second kappa shape index (κ2) is 12.1. The summed E-state index contributed by atoms with van der Waals surface area (Å²) in [5.41, 5.74) is 1.11. The number of allylic oxidation sites excluding steroid dienone is 1. The smallest absolute Gasteiger partial charge is 0.417 e. The second-order valence-corrected chi connectivity index (χ2v) is 10.9. The third kappa shape index (κ3) is 6.03. The molecule has 1 saturated heterocycles. The molecule has 3 aromatic rings. The zero-order valence-electron chi connectivity index (χ0n) is 24.0. The van der Waals surface area contributed by atoms with Crippen molar-refractivity contribution in [3.8, 4) is 17.1 Å². The number of nitrogens with zero attached hydrogens (tertiary/aromatic N) is 4. The zero-order chi connectivity index (χ0) is 31.1. The van der Waals surface area contributed by atoms with E-state index in [0.29, 0.717) is 32.5 Å². The van der Waals surface area contributed by atoms with Gasteiger partial charge in [-0.3, -0.25) is 0 Å². The van der Waals surface area contributed by atoms with E-state index < -0.39 is 58.2 Å². The van der Waals surface area contributed by atoms with Crippen LogP contribution in [0.15, 0.2) is 18.2 Å². The fourth-order valence-corrected chi connectivity index (χ4v) is 5.54. The molecule has 0 aliphatic carbocycles. The van der Waals surface area contributed by atoms with Crippen molar-refractivity contribution in [1.29, 1.82) is 0 Å². The fourth-order valence-electron chi connectivity index (χ4n) is 5.54. The van der Waals surface area contributed by atoms with Gasteiger partial charge in [0.15, 0.2) is 5.82 Å². The van der Waals surface area contributed by atoms with E-state index in [-0.39, 0.29) is 34.6 Å². The molecule has 3 atom stereocenters. The number of piperidine rings is 1. The van der Waals surface area contributed by atoms with Gasteiger partial charge in [-0.1, -0.05) is 12.2 Å². The highest BCUT2D eigenvalue weighted by atomic mass is 19.4. The molecule has 0 radical (unpaired) electrons. The third-order valence-electron chi connectivity index (χ3n) is 7.72. The van der Waals surface area contributed by atoms with Crippen molar-refractivity contribution < 1.29 is 31.8 Å². The lowest BCUT2D eigenvalue weighted by Gasteiger charge is -2.32. The molecule has 14 heteroatoms. The molecular formula is C29H34F5N7O2. The van der Waals surface area contributed by atoms with E-state index in [1.54, 1.807) is 6.92 Å². The lowest BCUT2D eigenvalue weighted by Crippen LogP contribution is -2.40. The van der Waals surface area contributed by atoms with Gasteiger partial charge in [-0.2, -0.15) is 18.2 Å². The van der Waals surface area contributed by atoms with Crippen LogP contribution in [0, 0.1) is 18.6 Å². The number of aromatic nitrogens is 3. The summed E-state index contributed by atoms with van der Waals surface area (Å²) in [7, 11) is 0. The summed E-state index contributed by atoms with van der Waals surface area (Å²) in [6.07, 6.45) is -0.207. The van der Waals surface area contributed by atoms with E-state index in [2.05, 4.69) is 25.6 Å². The molecule has 2 aliphatic heterocycles. The maximum absolute atomic E-state index is 16.6. The first-order valence-corrected chi connectivity index (χ1v) is 14.2. The summed E-state index contributed by atoms with van der Waals surface area (Å²) in [5.74, 6) is -2.50. The Kier molecular flexibility index (Phi) is 8.61. The van der Waals surface area contributed by atoms with Gasteiger partial charge in [0.2, 0.25) is 11.8 Å². The SMILES string of the molecule is C/C=C/C1CNc2nc(N3CCCCC3O)nc3c(F)c(-c4cc(N)c(F)c(C)c4C(F)(F)F)nc(c23)O[C@@H](C)CCN1. The predicted octanol–water partition coefficient (Wildman–Crippen LogP) is 5.31. The molecule has 0 saturated carbocycles. The fraction of sp³-hybridized carbons (Fsp3) is 0.483. The molecule has 43 heavy (non-hydrogen) atoms. The van der Waals surface area contributed by atoms with E-state index in [1.807, 2.05) is 19.1 Å². The van der Waals surface area contributed by atoms with Crippen molar-refractivity contribution in [2.75, 3.05) is 35.6 Å². The quantitative estimate of drug-likeness (QED) is 0.178. The van der Waals surface area contributed by atoms with Gasteiger partial charge in [0.1, 0.15) is 34.5 Å². The van der Waals surface area contributed by atoms with Gasteiger partial charge >= 0.3 is 6.18 Å². The van der Waals surface area contributed by atoms with Crippen molar-refractivity contribution in [3.63, 3.8) is 0 Å². The molecule has 2 unspecified atom stereocenters. The Hall–Kier alpha value is -3.78. The Morgan fingerprint density at radius 2 is 1.91 bits per heavy atom. The first-order valence-electron chi connectivity index (χ1n) is 14.2. The van der Waals surface area contributed by atoms with Gasteiger partial charge in [0.25, 0.3) is 0 Å². The van der Waals surface area contributed by atoms with Crippen LogP contribution in [-0.2, 0) is 6.18 Å². The molecular weight excluding hydrogens is 573 g/mol. The Balaban J connectivity index is 1.83. The number of rotatable bonds is 3. The van der Waals surface area contributed by atoms with Crippen LogP contribution in [0.5, 0.6) is 5.88 Å². The molecule has 0 bridgehead atoms. The van der Waals surface area contributed by atoms with E-state index >= 15 is 4.39 Å². The van der Waals surface area contributed by atoms with Crippen LogP contribution in [0.25, 0.3) is 22.2 Å². The second-order valence-electron chi connectivity index (χ2n) is 10.9. The van der Waals surface area contributed by atoms with Gasteiger partial charge in [-0.25, -0.2) is 18.7 Å². The number of nitrogen functional groups attached to an aromatic ring is 1. The van der Waals surface area contributed by atoms with Crippen LogP contribution in [-0.4, -0.2) is 58.1 Å². The lowest BCUT2D eigenvalue weighted by molar-refractivity contribution is -0.137. The number of alkyl halides is 3. The number of hydrogen-bond acceptors (Lipinski definition) is 9. The Labute approximate surface area is 245 Å². The molecule has 5 N–H and O–H groups in total. The Morgan fingerprint density at radius 3 is 2.60 bits per heavy atom. The Bertz CT molecular complexity index is 1550. The van der Waals surface area contributed by atoms with Crippen LogP contribution in [0.2, 0.25) is 0 Å². The van der Waals surface area contributed by atoms with Crippen molar-refractivity contribution in [3.05, 3.63) is 41.0 Å². The highest BCUT2D eigenvalue weighted by Crippen LogP contribution is 2.45. The van der Waals surface area contributed by atoms with Gasteiger partial charge in [-0.15, -0.1) is 0 Å². The van der Waals surface area contributed by atoms with Crippen LogP contribution < -0.4 is 26.0 Å². The van der Waals surface area contributed by atoms with E-state index in [1.165, 1.54) is 4.90 Å². The summed E-state index contributed by atoms with van der Waals surface area (Å²) in [6, 6.07) is 0.592. The summed E-state index contributed by atoms with van der Waals surface area (Å²) in [5, 5.41) is 17.3. The van der Waals surface area contributed by atoms with Crippen molar-refractivity contribution in [2.45, 2.75) is 71.0 Å². The van der Waals surface area contributed by atoms with E-state index in [0.717, 1.165) is 25.8 Å². The molecule has 5 rings (SSSR count). The van der Waals surface area contributed by atoms with Gasteiger partial charge in [-0.05, 0) is 64.6 Å². The molecule has 0 spiro atoms. The number of nitrogens with two attached hydrogens (primary N) is 1. The molecule has 2 aliphatic rings. The number of pyridine rings is 1. The normalized spacial score (nSPS) is 21.9. The number of ether oxygens (including phenoxy) is 1. The number of hydrogen-bond donors (Lipinski definition) is 4. The van der Waals surface area contributed by atoms with Crippen LogP contribution >= 0.6 is 0 Å². The predicted molar refractivity (Wildman–Crippen MR) is 154 cm³/mol. The van der Waals surface area contributed by atoms with Crippen molar-refractivity contribution >= 4 is 28.4 Å². The molecule has 1 fully saturated rings. The summed E-state index contributed by atoms with van der Waals surface area (Å²) in [6.45, 7) is 5.82. The number of anilines is 3. The topological polar surface area (TPSA) is 121 Å². The average Bonchev–Trinajstić information content (AvgIpc) is 2.97. The molecule has 0 amide bonds. The molecule has 1 aromatic carbocycles. The number of benzene rings is 1. The van der Waals surface area contributed by atoms with Crippen molar-refractivity contribution in [2.24, 2.45) is 0 Å². The highest BCUT2D eigenvalue weighted by Gasteiger charge is 2.39. The summed E-state index contributed by atoms with van der Waals surface area (Å²) < 4.78 is 80.3.